The van der Waals surface area contributed by atoms with Gasteiger partial charge in [0, 0.05) is 39.2 Å². The van der Waals surface area contributed by atoms with E-state index < -0.39 is 5.91 Å². The van der Waals surface area contributed by atoms with Crippen LogP contribution in [0, 0.1) is 0 Å². The summed E-state index contributed by atoms with van der Waals surface area (Å²) >= 11 is 7.61. The average Bonchev–Trinajstić information content (AvgIpc) is 3.29. The van der Waals surface area contributed by atoms with E-state index in [1.54, 1.807) is 50.6 Å². The molecule has 0 aliphatic rings. The van der Waals surface area contributed by atoms with Crippen LogP contribution in [0.3, 0.4) is 0 Å². The Morgan fingerprint density at radius 2 is 2.07 bits per heavy atom. The van der Waals surface area contributed by atoms with E-state index in [9.17, 15) is 9.59 Å². The van der Waals surface area contributed by atoms with Crippen LogP contribution in [0.2, 0.25) is 5.02 Å². The van der Waals surface area contributed by atoms with Gasteiger partial charge in [0.1, 0.15) is 5.76 Å². The summed E-state index contributed by atoms with van der Waals surface area (Å²) in [5, 5.41) is 3.91. The van der Waals surface area contributed by atoms with Crippen molar-refractivity contribution in [2.24, 2.45) is 7.05 Å². The minimum atomic E-state index is -0.404. The minimum absolute atomic E-state index is 0.186. The zero-order valence-electron chi connectivity index (χ0n) is 15.6. The lowest BCUT2D eigenvalue weighted by atomic mass is 10.1. The number of aryl methyl sites for hydroxylation is 1. The van der Waals surface area contributed by atoms with Crippen LogP contribution in [0.25, 0.3) is 0 Å². The molecule has 0 saturated carbocycles. The zero-order chi connectivity index (χ0) is 20.3. The quantitative estimate of drug-likeness (QED) is 0.614. The summed E-state index contributed by atoms with van der Waals surface area (Å²) in [6, 6.07) is 8.13. The molecule has 0 unspecified atom stereocenters. The lowest BCUT2D eigenvalue weighted by Crippen LogP contribution is -2.22. The van der Waals surface area contributed by atoms with Gasteiger partial charge in [-0.2, -0.15) is 0 Å². The molecule has 28 heavy (non-hydrogen) atoms. The van der Waals surface area contributed by atoms with Crippen molar-refractivity contribution < 1.29 is 14.0 Å². The van der Waals surface area contributed by atoms with Crippen LogP contribution < -0.4 is 5.32 Å². The monoisotopic (exact) mass is 418 g/mol. The standard InChI is InChI=1S/C19H19ClN4O3S/c1-23(2)18(26)14-10-12(4-6-15(14)20)22-17(25)16-7-5-13(27-16)11-28-19-21-8-9-24(19)3/h4-10H,11H2,1-3H3,(H,22,25). The van der Waals surface area contributed by atoms with Crippen molar-refractivity contribution >= 4 is 40.9 Å². The first-order chi connectivity index (χ1) is 13.3. The predicted octanol–water partition coefficient (Wildman–Crippen LogP) is 3.91. The number of aromatic nitrogens is 2. The van der Waals surface area contributed by atoms with E-state index in [1.807, 2.05) is 17.8 Å². The number of hydrogen-bond acceptors (Lipinski definition) is 5. The number of nitrogens with one attached hydrogen (secondary N) is 1. The van der Waals surface area contributed by atoms with Crippen LogP contribution in [0.4, 0.5) is 5.69 Å². The van der Waals surface area contributed by atoms with Gasteiger partial charge in [-0.05, 0) is 30.3 Å². The number of rotatable bonds is 6. The molecule has 0 fully saturated rings. The lowest BCUT2D eigenvalue weighted by molar-refractivity contribution is 0.0827. The number of halogens is 1. The van der Waals surface area contributed by atoms with Crippen LogP contribution in [0.5, 0.6) is 0 Å². The molecule has 2 aromatic heterocycles. The smallest absolute Gasteiger partial charge is 0.291 e. The second-order valence-corrected chi connectivity index (χ2v) is 7.57. The number of furan rings is 1. The van der Waals surface area contributed by atoms with Crippen LogP contribution in [0.15, 0.2) is 52.3 Å². The number of carbonyl (C=O) groups excluding carboxylic acids is 2. The summed E-state index contributed by atoms with van der Waals surface area (Å²) in [5.74, 6) is 0.760. The molecule has 0 aliphatic carbocycles. The summed E-state index contributed by atoms with van der Waals surface area (Å²) in [7, 11) is 5.19. The van der Waals surface area contributed by atoms with E-state index in [0.29, 0.717) is 27.8 Å². The topological polar surface area (TPSA) is 80.4 Å². The van der Waals surface area contributed by atoms with Gasteiger partial charge < -0.3 is 19.2 Å². The summed E-state index contributed by atoms with van der Waals surface area (Å²) in [5.41, 5.74) is 0.774. The molecule has 1 N–H and O–H groups in total. The maximum absolute atomic E-state index is 12.5. The highest BCUT2D eigenvalue weighted by Gasteiger charge is 2.16. The van der Waals surface area contributed by atoms with E-state index in [4.69, 9.17) is 16.0 Å². The fourth-order valence-electron chi connectivity index (χ4n) is 2.40. The van der Waals surface area contributed by atoms with Crippen LogP contribution in [-0.4, -0.2) is 40.4 Å². The Balaban J connectivity index is 1.67. The Hall–Kier alpha value is -2.71. The molecule has 0 bridgehead atoms. The van der Waals surface area contributed by atoms with Crippen molar-refractivity contribution in [2.45, 2.75) is 10.9 Å². The van der Waals surface area contributed by atoms with Crippen LogP contribution in [-0.2, 0) is 12.8 Å². The SMILES string of the molecule is CN(C)C(=O)c1cc(NC(=O)c2ccc(CSc3nccn3C)o2)ccc1Cl. The van der Waals surface area contributed by atoms with Gasteiger partial charge in [-0.3, -0.25) is 9.59 Å². The molecular weight excluding hydrogens is 400 g/mol. The summed E-state index contributed by atoms with van der Waals surface area (Å²) in [6.07, 6.45) is 3.59. The van der Waals surface area contributed by atoms with Gasteiger partial charge in [-0.15, -0.1) is 0 Å². The number of imidazole rings is 1. The minimum Gasteiger partial charge on any atom is -0.455 e. The average molecular weight is 419 g/mol. The molecule has 3 aromatic rings. The van der Waals surface area contributed by atoms with Gasteiger partial charge in [-0.25, -0.2) is 4.98 Å². The number of benzene rings is 1. The van der Waals surface area contributed by atoms with Gasteiger partial charge in [0.2, 0.25) is 0 Å². The number of amides is 2. The predicted molar refractivity (Wildman–Crippen MR) is 109 cm³/mol. The first-order valence-electron chi connectivity index (χ1n) is 8.36. The van der Waals surface area contributed by atoms with Gasteiger partial charge >= 0.3 is 0 Å². The van der Waals surface area contributed by atoms with Crippen LogP contribution >= 0.6 is 23.4 Å². The first kappa shape index (κ1) is 20.0. The molecule has 3 rings (SSSR count). The van der Waals surface area contributed by atoms with Gasteiger partial charge in [-0.1, -0.05) is 23.4 Å². The Morgan fingerprint density at radius 3 is 2.75 bits per heavy atom. The molecule has 7 nitrogen and oxygen atoms in total. The lowest BCUT2D eigenvalue weighted by Gasteiger charge is -2.13. The molecule has 146 valence electrons. The summed E-state index contributed by atoms with van der Waals surface area (Å²) in [6.45, 7) is 0. The largest absolute Gasteiger partial charge is 0.455 e. The van der Waals surface area contributed by atoms with Crippen molar-refractivity contribution in [1.29, 1.82) is 0 Å². The van der Waals surface area contributed by atoms with E-state index in [0.717, 1.165) is 5.16 Å². The molecule has 1 aromatic carbocycles. The highest BCUT2D eigenvalue weighted by molar-refractivity contribution is 7.98. The second-order valence-electron chi connectivity index (χ2n) is 6.22. The van der Waals surface area contributed by atoms with E-state index in [-0.39, 0.29) is 11.7 Å². The van der Waals surface area contributed by atoms with Crippen molar-refractivity contribution in [3.8, 4) is 0 Å². The molecule has 2 heterocycles. The van der Waals surface area contributed by atoms with Gasteiger partial charge in [0.25, 0.3) is 11.8 Å². The molecule has 9 heteroatoms. The van der Waals surface area contributed by atoms with Crippen molar-refractivity contribution in [3.05, 3.63) is 64.8 Å². The van der Waals surface area contributed by atoms with Crippen molar-refractivity contribution in [3.63, 3.8) is 0 Å². The summed E-state index contributed by atoms with van der Waals surface area (Å²) in [4.78, 5) is 30.3. The van der Waals surface area contributed by atoms with Gasteiger partial charge in [0.15, 0.2) is 10.9 Å². The molecule has 2 amide bonds. The maximum atomic E-state index is 12.5. The molecule has 0 atom stereocenters. The second kappa shape index (κ2) is 8.53. The number of anilines is 1. The fourth-order valence-corrected chi connectivity index (χ4v) is 3.43. The zero-order valence-corrected chi connectivity index (χ0v) is 17.2. The molecule has 0 spiro atoms. The van der Waals surface area contributed by atoms with Gasteiger partial charge in [0.05, 0.1) is 16.3 Å². The third kappa shape index (κ3) is 4.58. The molecule has 0 aliphatic heterocycles. The van der Waals surface area contributed by atoms with Crippen molar-refractivity contribution in [2.75, 3.05) is 19.4 Å². The highest BCUT2D eigenvalue weighted by atomic mass is 35.5. The number of nitrogens with zero attached hydrogens (tertiary/aromatic N) is 3. The molecule has 0 radical (unpaired) electrons. The van der Waals surface area contributed by atoms with E-state index in [1.165, 1.54) is 16.7 Å². The molecule has 0 saturated heterocycles. The normalized spacial score (nSPS) is 10.7. The fraction of sp³-hybridized carbons (Fsp3) is 0.211. The Bertz CT molecular complexity index is 1010. The van der Waals surface area contributed by atoms with Crippen LogP contribution in [0.1, 0.15) is 26.7 Å². The number of carbonyl (C=O) groups is 2. The van der Waals surface area contributed by atoms with Crippen molar-refractivity contribution in [1.82, 2.24) is 14.5 Å². The third-order valence-corrected chi connectivity index (χ3v) is 5.28. The van der Waals surface area contributed by atoms with E-state index >= 15 is 0 Å². The Morgan fingerprint density at radius 1 is 1.29 bits per heavy atom. The Kier molecular flexibility index (Phi) is 6.11. The highest BCUT2D eigenvalue weighted by Crippen LogP contribution is 2.24. The first-order valence-corrected chi connectivity index (χ1v) is 9.73. The van der Waals surface area contributed by atoms with E-state index in [2.05, 4.69) is 10.3 Å². The third-order valence-electron chi connectivity index (χ3n) is 3.87. The summed E-state index contributed by atoms with van der Waals surface area (Å²) < 4.78 is 7.54. The Labute approximate surface area is 171 Å². The molecular formula is C19H19ClN4O3S. The number of thioether (sulfide) groups is 1. The number of hydrogen-bond donors (Lipinski definition) is 1. The maximum Gasteiger partial charge on any atom is 0.291 e.